The number of hydrogen-bond donors (Lipinski definition) is 1. The number of aromatic nitrogens is 1. The number of aliphatic carboxylic acids is 1. The van der Waals surface area contributed by atoms with Crippen molar-refractivity contribution in [2.45, 2.75) is 6.42 Å². The molecule has 1 aliphatic heterocycles. The van der Waals surface area contributed by atoms with Crippen molar-refractivity contribution < 1.29 is 19.4 Å². The number of carbonyl (C=O) groups is 1. The molecule has 5 nitrogen and oxygen atoms in total. The van der Waals surface area contributed by atoms with Crippen molar-refractivity contribution >= 4 is 61.9 Å². The van der Waals surface area contributed by atoms with Gasteiger partial charge in [0.1, 0.15) is 5.01 Å². The van der Waals surface area contributed by atoms with Crippen LogP contribution in [0.4, 0.5) is 0 Å². The van der Waals surface area contributed by atoms with Gasteiger partial charge in [0.2, 0.25) is 0 Å². The average Bonchev–Trinajstić information content (AvgIpc) is 2.95. The third-order valence-corrected chi connectivity index (χ3v) is 6.47. The van der Waals surface area contributed by atoms with Gasteiger partial charge in [0, 0.05) is 11.3 Å². The first-order chi connectivity index (χ1) is 13.6. The Morgan fingerprint density at radius 3 is 2.93 bits per heavy atom. The molecular formula is C20H16ClNO4S2. The van der Waals surface area contributed by atoms with Crippen LogP contribution in [0.25, 0.3) is 21.2 Å². The second-order valence-corrected chi connectivity index (χ2v) is 8.51. The molecule has 0 radical (unpaired) electrons. The van der Waals surface area contributed by atoms with Gasteiger partial charge in [-0.05, 0) is 35.9 Å². The predicted molar refractivity (Wildman–Crippen MR) is 115 cm³/mol. The number of nitrogens with zero attached hydrogens (tertiary/aromatic N) is 1. The van der Waals surface area contributed by atoms with E-state index in [-0.39, 0.29) is 5.75 Å². The number of benzene rings is 2. The van der Waals surface area contributed by atoms with E-state index in [1.54, 1.807) is 6.07 Å². The molecule has 0 bridgehead atoms. The van der Waals surface area contributed by atoms with Gasteiger partial charge in [-0.3, -0.25) is 4.79 Å². The van der Waals surface area contributed by atoms with E-state index in [2.05, 4.69) is 4.98 Å². The molecule has 1 N–H and O–H groups in total. The highest BCUT2D eigenvalue weighted by atomic mass is 35.5. The smallest absolute Gasteiger partial charge is 0.313 e. The summed E-state index contributed by atoms with van der Waals surface area (Å²) in [5, 5.41) is 10.4. The average molecular weight is 434 g/mol. The van der Waals surface area contributed by atoms with E-state index in [0.29, 0.717) is 29.7 Å². The fourth-order valence-electron chi connectivity index (χ4n) is 2.77. The van der Waals surface area contributed by atoms with Crippen molar-refractivity contribution in [1.82, 2.24) is 4.98 Å². The van der Waals surface area contributed by atoms with Gasteiger partial charge in [0.05, 0.1) is 34.2 Å². The minimum Gasteiger partial charge on any atom is -0.489 e. The van der Waals surface area contributed by atoms with Crippen LogP contribution in [0, 0.1) is 0 Å². The number of halogens is 1. The zero-order valence-electron chi connectivity index (χ0n) is 14.7. The molecule has 1 aliphatic rings. The Kier molecular flexibility index (Phi) is 5.75. The van der Waals surface area contributed by atoms with E-state index in [4.69, 9.17) is 26.2 Å². The molecule has 8 heteroatoms. The number of ether oxygens (including phenoxy) is 2. The topological polar surface area (TPSA) is 68.7 Å². The lowest BCUT2D eigenvalue weighted by Crippen LogP contribution is -1.98. The van der Waals surface area contributed by atoms with E-state index in [9.17, 15) is 4.79 Å². The fourth-order valence-corrected chi connectivity index (χ4v) is 4.89. The Morgan fingerprint density at radius 2 is 2.11 bits per heavy atom. The molecule has 0 unspecified atom stereocenters. The Labute approximate surface area is 174 Å². The second-order valence-electron chi connectivity index (χ2n) is 6.06. The molecule has 2 heterocycles. The molecule has 0 saturated carbocycles. The molecule has 1 aromatic heterocycles. The lowest BCUT2D eigenvalue weighted by Gasteiger charge is -2.11. The number of rotatable bonds is 5. The molecule has 0 amide bonds. The molecule has 2 aromatic carbocycles. The summed E-state index contributed by atoms with van der Waals surface area (Å²) in [7, 11) is 0. The summed E-state index contributed by atoms with van der Waals surface area (Å²) < 4.78 is 12.5. The van der Waals surface area contributed by atoms with Gasteiger partial charge in [-0.15, -0.1) is 23.1 Å². The molecule has 144 valence electrons. The van der Waals surface area contributed by atoms with Crippen LogP contribution >= 0.6 is 34.7 Å². The summed E-state index contributed by atoms with van der Waals surface area (Å²) in [4.78, 5) is 16.6. The quantitative estimate of drug-likeness (QED) is 0.578. The molecular weight excluding hydrogens is 418 g/mol. The number of thioether (sulfide) groups is 1. The molecule has 4 rings (SSSR count). The van der Waals surface area contributed by atoms with Gasteiger partial charge in [-0.1, -0.05) is 23.7 Å². The molecule has 0 fully saturated rings. The summed E-state index contributed by atoms with van der Waals surface area (Å²) in [6, 6.07) is 11.5. The Balaban J connectivity index is 1.75. The maximum absolute atomic E-state index is 11.1. The van der Waals surface area contributed by atoms with E-state index in [1.807, 2.05) is 36.4 Å². The van der Waals surface area contributed by atoms with Crippen molar-refractivity contribution in [2.75, 3.05) is 19.0 Å². The minimum absolute atomic E-state index is 0.0555. The number of carboxylic acid groups (broad SMARTS) is 1. The standard InChI is InChI=1S/C20H16ClNO4S2/c21-13-8-12(9-15-19(13)26-7-3-6-25-15)10-17(27-11-18(23)24)20-22-14-4-1-2-5-16(14)28-20/h1-2,4-5,8-10H,3,6-7,11H2,(H,23,24)/b17-10-. The van der Waals surface area contributed by atoms with Gasteiger partial charge in [-0.2, -0.15) is 0 Å². The highest BCUT2D eigenvalue weighted by Gasteiger charge is 2.17. The summed E-state index contributed by atoms with van der Waals surface area (Å²) >= 11 is 9.16. The Morgan fingerprint density at radius 1 is 1.29 bits per heavy atom. The number of carboxylic acids is 1. The van der Waals surface area contributed by atoms with Crippen LogP contribution in [0.2, 0.25) is 5.02 Å². The first-order valence-corrected chi connectivity index (χ1v) is 10.8. The fraction of sp³-hybridized carbons (Fsp3) is 0.200. The summed E-state index contributed by atoms with van der Waals surface area (Å²) in [5.74, 6) is 0.216. The SMILES string of the molecule is O=C(O)CS/C(=C\c1cc(Cl)c2c(c1)OCCCO2)c1nc2ccccc2s1. The van der Waals surface area contributed by atoms with Gasteiger partial charge >= 0.3 is 5.97 Å². The van der Waals surface area contributed by atoms with Gasteiger partial charge < -0.3 is 14.6 Å². The molecule has 0 spiro atoms. The van der Waals surface area contributed by atoms with Crippen LogP contribution in [0.15, 0.2) is 36.4 Å². The van der Waals surface area contributed by atoms with Crippen molar-refractivity contribution in [3.05, 3.63) is 52.0 Å². The molecule has 0 atom stereocenters. The monoisotopic (exact) mass is 433 g/mol. The van der Waals surface area contributed by atoms with E-state index < -0.39 is 5.97 Å². The molecule has 0 saturated heterocycles. The number of thiazole rings is 1. The zero-order chi connectivity index (χ0) is 19.5. The minimum atomic E-state index is -0.881. The van der Waals surface area contributed by atoms with Crippen molar-refractivity contribution in [1.29, 1.82) is 0 Å². The zero-order valence-corrected chi connectivity index (χ0v) is 17.1. The van der Waals surface area contributed by atoms with Gasteiger partial charge in [0.25, 0.3) is 0 Å². The van der Waals surface area contributed by atoms with Crippen molar-refractivity contribution in [3.8, 4) is 11.5 Å². The maximum Gasteiger partial charge on any atom is 0.313 e. The third kappa shape index (κ3) is 4.27. The van der Waals surface area contributed by atoms with Crippen LogP contribution in [-0.4, -0.2) is 35.0 Å². The molecule has 3 aromatic rings. The first-order valence-electron chi connectivity index (χ1n) is 8.61. The number of hydrogen-bond acceptors (Lipinski definition) is 6. The normalized spacial score (nSPS) is 14.1. The summed E-state index contributed by atoms with van der Waals surface area (Å²) in [5.41, 5.74) is 1.70. The Bertz CT molecular complexity index is 1030. The van der Waals surface area contributed by atoms with E-state index in [1.165, 1.54) is 23.1 Å². The van der Waals surface area contributed by atoms with Crippen molar-refractivity contribution in [3.63, 3.8) is 0 Å². The number of fused-ring (bicyclic) bond motifs is 2. The lowest BCUT2D eigenvalue weighted by molar-refractivity contribution is -0.133. The first kappa shape index (κ1) is 19.1. The van der Waals surface area contributed by atoms with Crippen LogP contribution in [0.1, 0.15) is 17.0 Å². The van der Waals surface area contributed by atoms with Crippen LogP contribution in [0.3, 0.4) is 0 Å². The summed E-state index contributed by atoms with van der Waals surface area (Å²) in [6.07, 6.45) is 2.69. The van der Waals surface area contributed by atoms with E-state index in [0.717, 1.165) is 32.1 Å². The highest BCUT2D eigenvalue weighted by Crippen LogP contribution is 2.40. The Hall–Kier alpha value is -2.22. The van der Waals surface area contributed by atoms with Crippen LogP contribution < -0.4 is 9.47 Å². The van der Waals surface area contributed by atoms with Crippen LogP contribution in [0.5, 0.6) is 11.5 Å². The maximum atomic E-state index is 11.1. The lowest BCUT2D eigenvalue weighted by atomic mass is 10.2. The largest absolute Gasteiger partial charge is 0.489 e. The highest BCUT2D eigenvalue weighted by molar-refractivity contribution is 8.09. The van der Waals surface area contributed by atoms with Crippen molar-refractivity contribution in [2.24, 2.45) is 0 Å². The van der Waals surface area contributed by atoms with Gasteiger partial charge in [0.15, 0.2) is 11.5 Å². The second kappa shape index (κ2) is 8.43. The van der Waals surface area contributed by atoms with Crippen LogP contribution in [-0.2, 0) is 4.79 Å². The van der Waals surface area contributed by atoms with Gasteiger partial charge in [-0.25, -0.2) is 4.98 Å². The summed E-state index contributed by atoms with van der Waals surface area (Å²) in [6.45, 7) is 1.13. The predicted octanol–water partition coefficient (Wildman–Crippen LogP) is 5.43. The number of para-hydroxylation sites is 1. The molecule has 28 heavy (non-hydrogen) atoms. The third-order valence-electron chi connectivity index (χ3n) is 3.98. The van der Waals surface area contributed by atoms with E-state index >= 15 is 0 Å². The molecule has 0 aliphatic carbocycles.